The van der Waals surface area contributed by atoms with Gasteiger partial charge in [0.1, 0.15) is 5.69 Å². The van der Waals surface area contributed by atoms with Crippen molar-refractivity contribution in [2.45, 2.75) is 6.92 Å². The van der Waals surface area contributed by atoms with E-state index in [1.165, 1.54) is 0 Å². The van der Waals surface area contributed by atoms with Gasteiger partial charge in [-0.05, 0) is 36.6 Å². The summed E-state index contributed by atoms with van der Waals surface area (Å²) in [5, 5.41) is 4.71. The van der Waals surface area contributed by atoms with E-state index in [-0.39, 0.29) is 12.5 Å². The van der Waals surface area contributed by atoms with Gasteiger partial charge in [-0.25, -0.2) is 4.79 Å². The van der Waals surface area contributed by atoms with E-state index in [4.69, 9.17) is 4.74 Å². The maximum absolute atomic E-state index is 12.3. The van der Waals surface area contributed by atoms with E-state index in [9.17, 15) is 9.59 Å². The predicted octanol–water partition coefficient (Wildman–Crippen LogP) is 3.66. The third-order valence-electron chi connectivity index (χ3n) is 3.16. The summed E-state index contributed by atoms with van der Waals surface area (Å²) in [6.45, 7) is 2.03. The third kappa shape index (κ3) is 2.73. The molecule has 0 saturated heterocycles. The Kier molecular flexibility index (Phi) is 3.93. The molecule has 112 valence electrons. The van der Waals surface area contributed by atoms with Crippen molar-refractivity contribution in [3.8, 4) is 0 Å². The van der Waals surface area contributed by atoms with Crippen LogP contribution < -0.4 is 5.32 Å². The molecule has 0 unspecified atom stereocenters. The molecule has 0 saturated carbocycles. The fraction of sp³-hybridized carbons (Fsp3) is 0.125. The number of hydrogen-bond donors (Lipinski definition) is 2. The maximum Gasteiger partial charge on any atom is 0.340 e. The summed E-state index contributed by atoms with van der Waals surface area (Å²) in [5.41, 5.74) is 2.16. The first-order chi connectivity index (χ1) is 10.7. The van der Waals surface area contributed by atoms with Crippen molar-refractivity contribution in [2.24, 2.45) is 0 Å². The molecule has 0 aliphatic carbocycles. The number of esters is 1. The number of fused-ring (bicyclic) bond motifs is 1. The molecule has 0 aliphatic heterocycles. The summed E-state index contributed by atoms with van der Waals surface area (Å²) in [6, 6.07) is 10.5. The summed E-state index contributed by atoms with van der Waals surface area (Å²) >= 11 is 1.56. The largest absolute Gasteiger partial charge is 0.462 e. The van der Waals surface area contributed by atoms with Crippen molar-refractivity contribution >= 4 is 39.1 Å². The molecular weight excluding hydrogens is 300 g/mol. The first-order valence-electron chi connectivity index (χ1n) is 6.82. The normalized spacial score (nSPS) is 10.6. The van der Waals surface area contributed by atoms with Crippen LogP contribution in [0.15, 0.2) is 41.8 Å². The quantitative estimate of drug-likeness (QED) is 0.722. The minimum atomic E-state index is -0.453. The molecule has 0 spiro atoms. The highest BCUT2D eigenvalue weighted by Gasteiger charge is 2.16. The lowest BCUT2D eigenvalue weighted by molar-refractivity contribution is 0.0527. The smallest absolute Gasteiger partial charge is 0.340 e. The van der Waals surface area contributed by atoms with Gasteiger partial charge in [0.25, 0.3) is 5.91 Å². The van der Waals surface area contributed by atoms with Crippen LogP contribution in [0.25, 0.3) is 10.2 Å². The molecule has 0 fully saturated rings. The SMILES string of the molecule is CCOC(=O)c1ccccc1NC(=O)c1cc2sccc2[nH]1. The average Bonchev–Trinajstić information content (AvgIpc) is 3.09. The van der Waals surface area contributed by atoms with E-state index < -0.39 is 5.97 Å². The van der Waals surface area contributed by atoms with Gasteiger partial charge >= 0.3 is 5.97 Å². The number of anilines is 1. The van der Waals surface area contributed by atoms with Crippen LogP contribution in [0.3, 0.4) is 0 Å². The van der Waals surface area contributed by atoms with Gasteiger partial charge < -0.3 is 15.0 Å². The van der Waals surface area contributed by atoms with E-state index in [1.54, 1.807) is 48.6 Å². The van der Waals surface area contributed by atoms with Crippen molar-refractivity contribution in [1.82, 2.24) is 4.98 Å². The van der Waals surface area contributed by atoms with Crippen molar-refractivity contribution < 1.29 is 14.3 Å². The molecule has 0 atom stereocenters. The monoisotopic (exact) mass is 314 g/mol. The highest BCUT2D eigenvalue weighted by Crippen LogP contribution is 2.23. The number of hydrogen-bond acceptors (Lipinski definition) is 4. The maximum atomic E-state index is 12.3. The predicted molar refractivity (Wildman–Crippen MR) is 86.5 cm³/mol. The molecule has 6 heteroatoms. The van der Waals surface area contributed by atoms with Crippen LogP contribution in [0.2, 0.25) is 0 Å². The molecule has 0 aliphatic rings. The molecule has 22 heavy (non-hydrogen) atoms. The summed E-state index contributed by atoms with van der Waals surface area (Å²) < 4.78 is 6.01. The number of amides is 1. The van der Waals surface area contributed by atoms with E-state index >= 15 is 0 Å². The topological polar surface area (TPSA) is 71.2 Å². The highest BCUT2D eigenvalue weighted by atomic mass is 32.1. The number of aromatic nitrogens is 1. The number of nitrogens with one attached hydrogen (secondary N) is 2. The van der Waals surface area contributed by atoms with Gasteiger partial charge in [0, 0.05) is 0 Å². The molecule has 2 N–H and O–H groups in total. The lowest BCUT2D eigenvalue weighted by Crippen LogP contribution is -2.16. The molecule has 1 amide bonds. The molecule has 1 aromatic carbocycles. The molecule has 5 nitrogen and oxygen atoms in total. The average molecular weight is 314 g/mol. The van der Waals surface area contributed by atoms with Crippen molar-refractivity contribution in [1.29, 1.82) is 0 Å². The Hall–Kier alpha value is -2.60. The van der Waals surface area contributed by atoms with Crippen molar-refractivity contribution in [3.05, 3.63) is 53.0 Å². The van der Waals surface area contributed by atoms with Gasteiger partial charge in [-0.2, -0.15) is 0 Å². The number of carbonyl (C=O) groups excluding carboxylic acids is 2. The fourth-order valence-corrected chi connectivity index (χ4v) is 2.92. The Morgan fingerprint density at radius 3 is 2.86 bits per heavy atom. The molecule has 3 rings (SSSR count). The Balaban J connectivity index is 1.84. The third-order valence-corrected chi connectivity index (χ3v) is 4.02. The molecule has 2 heterocycles. The van der Waals surface area contributed by atoms with Gasteiger partial charge in [0.05, 0.1) is 28.1 Å². The van der Waals surface area contributed by atoms with Crippen LogP contribution in [0.4, 0.5) is 5.69 Å². The Morgan fingerprint density at radius 2 is 2.09 bits per heavy atom. The zero-order valence-electron chi connectivity index (χ0n) is 11.9. The molecule has 0 bridgehead atoms. The second kappa shape index (κ2) is 6.03. The zero-order valence-corrected chi connectivity index (χ0v) is 12.7. The zero-order chi connectivity index (χ0) is 15.5. The molecular formula is C16H14N2O3S. The van der Waals surface area contributed by atoms with Gasteiger partial charge in [-0.3, -0.25) is 4.79 Å². The number of ether oxygens (including phenoxy) is 1. The van der Waals surface area contributed by atoms with E-state index in [1.807, 2.05) is 11.4 Å². The van der Waals surface area contributed by atoms with Gasteiger partial charge in [-0.15, -0.1) is 11.3 Å². The standard InChI is InChI=1S/C16H14N2O3S/c1-2-21-16(20)10-5-3-4-6-11(10)18-15(19)13-9-14-12(17-13)7-8-22-14/h3-9,17H,2H2,1H3,(H,18,19). The number of benzene rings is 1. The van der Waals surface area contributed by atoms with Crippen LogP contribution in [0, 0.1) is 0 Å². The van der Waals surface area contributed by atoms with Crippen molar-refractivity contribution in [2.75, 3.05) is 11.9 Å². The first-order valence-corrected chi connectivity index (χ1v) is 7.70. The minimum Gasteiger partial charge on any atom is -0.462 e. The highest BCUT2D eigenvalue weighted by molar-refractivity contribution is 7.17. The number of rotatable bonds is 4. The van der Waals surface area contributed by atoms with Gasteiger partial charge in [0.15, 0.2) is 0 Å². The number of para-hydroxylation sites is 1. The number of thiophene rings is 1. The van der Waals surface area contributed by atoms with Crippen LogP contribution in [-0.4, -0.2) is 23.5 Å². The Bertz CT molecular complexity index is 806. The summed E-state index contributed by atoms with van der Waals surface area (Å²) in [6.07, 6.45) is 0. The summed E-state index contributed by atoms with van der Waals surface area (Å²) in [5.74, 6) is -0.744. The first kappa shape index (κ1) is 14.3. The Morgan fingerprint density at radius 1 is 1.27 bits per heavy atom. The molecule has 2 aromatic heterocycles. The van der Waals surface area contributed by atoms with Crippen LogP contribution in [0.5, 0.6) is 0 Å². The fourth-order valence-electron chi connectivity index (χ4n) is 2.14. The number of carbonyl (C=O) groups is 2. The Labute approximate surface area is 130 Å². The van der Waals surface area contributed by atoms with Gasteiger partial charge in [0.2, 0.25) is 0 Å². The summed E-state index contributed by atoms with van der Waals surface area (Å²) in [7, 11) is 0. The van der Waals surface area contributed by atoms with Crippen LogP contribution >= 0.6 is 11.3 Å². The van der Waals surface area contributed by atoms with E-state index in [0.29, 0.717) is 16.9 Å². The summed E-state index contributed by atoms with van der Waals surface area (Å²) in [4.78, 5) is 27.3. The van der Waals surface area contributed by atoms with Crippen LogP contribution in [0.1, 0.15) is 27.8 Å². The molecule has 3 aromatic rings. The minimum absolute atomic E-state index is 0.286. The van der Waals surface area contributed by atoms with Gasteiger partial charge in [-0.1, -0.05) is 12.1 Å². The lowest BCUT2D eigenvalue weighted by atomic mass is 10.1. The lowest BCUT2D eigenvalue weighted by Gasteiger charge is -2.09. The van der Waals surface area contributed by atoms with E-state index in [0.717, 1.165) is 10.2 Å². The van der Waals surface area contributed by atoms with Crippen LogP contribution in [-0.2, 0) is 4.74 Å². The second-order valence-corrected chi connectivity index (χ2v) is 5.55. The molecule has 0 radical (unpaired) electrons. The van der Waals surface area contributed by atoms with E-state index in [2.05, 4.69) is 10.3 Å². The number of aromatic amines is 1. The number of H-pyrrole nitrogens is 1. The van der Waals surface area contributed by atoms with Crippen molar-refractivity contribution in [3.63, 3.8) is 0 Å². The second-order valence-electron chi connectivity index (χ2n) is 4.60.